The Balaban J connectivity index is 1.83. The fourth-order valence-electron chi connectivity index (χ4n) is 2.29. The molecule has 2 heterocycles. The zero-order valence-electron chi connectivity index (χ0n) is 9.85. The van der Waals surface area contributed by atoms with Gasteiger partial charge in [0.2, 0.25) is 5.91 Å². The fourth-order valence-corrected chi connectivity index (χ4v) is 3.73. The third kappa shape index (κ3) is 3.17. The minimum Gasteiger partial charge on any atom is -0.386 e. The number of β-amino-alcohol motifs (C(OH)–C–C–N with tert-alkyl or cyclic N) is 1. The number of carbonyl (C=O) groups is 1. The molecule has 98 valence electrons. The van der Waals surface area contributed by atoms with Crippen molar-refractivity contribution >= 4 is 15.7 Å². The van der Waals surface area contributed by atoms with E-state index >= 15 is 0 Å². The van der Waals surface area contributed by atoms with Crippen molar-refractivity contribution < 1.29 is 18.3 Å². The van der Waals surface area contributed by atoms with Gasteiger partial charge in [-0.25, -0.2) is 8.42 Å². The number of sulfone groups is 1. The zero-order valence-corrected chi connectivity index (χ0v) is 10.7. The molecule has 7 heteroatoms. The average Bonchev–Trinajstić information content (AvgIpc) is 2.12. The van der Waals surface area contributed by atoms with Gasteiger partial charge in [-0.2, -0.15) is 0 Å². The van der Waals surface area contributed by atoms with Crippen LogP contribution in [0.1, 0.15) is 13.3 Å². The summed E-state index contributed by atoms with van der Waals surface area (Å²) in [7, 11) is -3.00. The summed E-state index contributed by atoms with van der Waals surface area (Å²) >= 11 is 0. The lowest BCUT2D eigenvalue weighted by molar-refractivity contribution is -0.152. The van der Waals surface area contributed by atoms with Crippen molar-refractivity contribution in [2.45, 2.75) is 25.0 Å². The van der Waals surface area contributed by atoms with Crippen LogP contribution in [0.3, 0.4) is 0 Å². The molecule has 17 heavy (non-hydrogen) atoms. The molecule has 2 aliphatic heterocycles. The van der Waals surface area contributed by atoms with Crippen LogP contribution in [-0.4, -0.2) is 67.1 Å². The molecule has 0 aromatic rings. The third-order valence-electron chi connectivity index (χ3n) is 3.14. The molecule has 0 aliphatic carbocycles. The number of nitrogens with zero attached hydrogens (tertiary/aromatic N) is 1. The standard InChI is InChI=1S/C10H18N2O4S/c1-10(14)6-12(7-10)9(13)4-8-5-17(15,16)3-2-11-8/h8,11,14H,2-7H2,1H3. The number of rotatable bonds is 2. The Morgan fingerprint density at radius 2 is 2.18 bits per heavy atom. The van der Waals surface area contributed by atoms with Crippen LogP contribution in [0.4, 0.5) is 0 Å². The number of carbonyl (C=O) groups excluding carboxylic acids is 1. The Hall–Kier alpha value is -0.660. The summed E-state index contributed by atoms with van der Waals surface area (Å²) in [6.07, 6.45) is 0.190. The van der Waals surface area contributed by atoms with Crippen molar-refractivity contribution in [1.82, 2.24) is 10.2 Å². The molecule has 2 fully saturated rings. The van der Waals surface area contributed by atoms with E-state index in [9.17, 15) is 18.3 Å². The average molecular weight is 262 g/mol. The van der Waals surface area contributed by atoms with Crippen LogP contribution in [0.5, 0.6) is 0 Å². The molecule has 0 radical (unpaired) electrons. The Morgan fingerprint density at radius 1 is 1.53 bits per heavy atom. The van der Waals surface area contributed by atoms with E-state index in [1.165, 1.54) is 0 Å². The first-order valence-electron chi connectivity index (χ1n) is 5.71. The summed E-state index contributed by atoms with van der Waals surface area (Å²) in [5, 5.41) is 12.6. The van der Waals surface area contributed by atoms with Crippen LogP contribution in [0.2, 0.25) is 0 Å². The van der Waals surface area contributed by atoms with Crippen molar-refractivity contribution in [2.24, 2.45) is 0 Å². The highest BCUT2D eigenvalue weighted by Gasteiger charge is 2.40. The van der Waals surface area contributed by atoms with E-state index < -0.39 is 15.4 Å². The predicted molar refractivity (Wildman–Crippen MR) is 62.3 cm³/mol. The summed E-state index contributed by atoms with van der Waals surface area (Å²) in [4.78, 5) is 13.3. The van der Waals surface area contributed by atoms with Gasteiger partial charge in [0.05, 0.1) is 30.2 Å². The van der Waals surface area contributed by atoms with Gasteiger partial charge >= 0.3 is 0 Å². The molecule has 0 aromatic carbocycles. The maximum Gasteiger partial charge on any atom is 0.224 e. The lowest BCUT2D eigenvalue weighted by Crippen LogP contribution is -2.62. The first kappa shape index (κ1) is 12.8. The molecule has 2 aliphatic rings. The lowest BCUT2D eigenvalue weighted by Gasteiger charge is -2.44. The first-order valence-corrected chi connectivity index (χ1v) is 7.54. The minimum atomic E-state index is -3.00. The van der Waals surface area contributed by atoms with Gasteiger partial charge in [0.15, 0.2) is 9.84 Å². The van der Waals surface area contributed by atoms with E-state index in [0.29, 0.717) is 19.6 Å². The largest absolute Gasteiger partial charge is 0.386 e. The number of nitrogens with one attached hydrogen (secondary N) is 1. The van der Waals surface area contributed by atoms with Crippen molar-refractivity contribution in [3.63, 3.8) is 0 Å². The summed E-state index contributed by atoms with van der Waals surface area (Å²) in [6.45, 7) is 2.77. The van der Waals surface area contributed by atoms with Crippen LogP contribution in [0.15, 0.2) is 0 Å². The van der Waals surface area contributed by atoms with Crippen LogP contribution in [0, 0.1) is 0 Å². The highest BCUT2D eigenvalue weighted by molar-refractivity contribution is 7.91. The van der Waals surface area contributed by atoms with E-state index in [1.807, 2.05) is 0 Å². The Bertz CT molecular complexity index is 410. The van der Waals surface area contributed by atoms with Crippen molar-refractivity contribution in [1.29, 1.82) is 0 Å². The number of hydrogen-bond donors (Lipinski definition) is 2. The van der Waals surface area contributed by atoms with Gasteiger partial charge < -0.3 is 15.3 Å². The lowest BCUT2D eigenvalue weighted by atomic mass is 9.96. The Kier molecular flexibility index (Phi) is 3.17. The molecule has 1 amide bonds. The Labute approximate surface area is 101 Å². The topological polar surface area (TPSA) is 86.7 Å². The van der Waals surface area contributed by atoms with Gasteiger partial charge in [-0.05, 0) is 6.92 Å². The van der Waals surface area contributed by atoms with E-state index in [0.717, 1.165) is 0 Å². The second-order valence-corrected chi connectivity index (χ2v) is 7.44. The minimum absolute atomic E-state index is 0.0307. The van der Waals surface area contributed by atoms with Gasteiger partial charge in [-0.15, -0.1) is 0 Å². The number of hydrogen-bond acceptors (Lipinski definition) is 5. The molecule has 2 rings (SSSR count). The molecule has 2 saturated heterocycles. The van der Waals surface area contributed by atoms with Crippen molar-refractivity contribution in [2.75, 3.05) is 31.1 Å². The molecule has 1 atom stereocenters. The highest BCUT2D eigenvalue weighted by Crippen LogP contribution is 2.21. The van der Waals surface area contributed by atoms with Gasteiger partial charge in [-0.3, -0.25) is 4.79 Å². The fraction of sp³-hybridized carbons (Fsp3) is 0.900. The van der Waals surface area contributed by atoms with E-state index in [-0.39, 0.29) is 29.9 Å². The smallest absolute Gasteiger partial charge is 0.224 e. The molecule has 2 N–H and O–H groups in total. The molecular formula is C10H18N2O4S. The van der Waals surface area contributed by atoms with Crippen molar-refractivity contribution in [3.8, 4) is 0 Å². The second kappa shape index (κ2) is 4.22. The first-order chi connectivity index (χ1) is 7.77. The summed E-state index contributed by atoms with van der Waals surface area (Å²) in [5.74, 6) is 0.0881. The Morgan fingerprint density at radius 3 is 2.71 bits per heavy atom. The molecule has 0 spiro atoms. The van der Waals surface area contributed by atoms with Crippen LogP contribution in [-0.2, 0) is 14.6 Å². The van der Waals surface area contributed by atoms with Crippen molar-refractivity contribution in [3.05, 3.63) is 0 Å². The van der Waals surface area contributed by atoms with Gasteiger partial charge in [0.25, 0.3) is 0 Å². The third-order valence-corrected chi connectivity index (χ3v) is 4.87. The summed E-state index contributed by atoms with van der Waals surface area (Å²) in [5.41, 5.74) is -0.776. The normalized spacial score (nSPS) is 30.7. The monoisotopic (exact) mass is 262 g/mol. The summed E-state index contributed by atoms with van der Waals surface area (Å²) in [6, 6.07) is -0.285. The predicted octanol–water partition coefficient (Wildman–Crippen LogP) is -1.64. The number of amides is 1. The highest BCUT2D eigenvalue weighted by atomic mass is 32.2. The van der Waals surface area contributed by atoms with Crippen LogP contribution >= 0.6 is 0 Å². The molecule has 0 bridgehead atoms. The maximum atomic E-state index is 11.8. The quantitative estimate of drug-likeness (QED) is 0.623. The number of aliphatic hydroxyl groups is 1. The van der Waals surface area contributed by atoms with Gasteiger partial charge in [0, 0.05) is 19.0 Å². The zero-order chi connectivity index (χ0) is 12.7. The van der Waals surface area contributed by atoms with Gasteiger partial charge in [0.1, 0.15) is 0 Å². The van der Waals surface area contributed by atoms with E-state index in [2.05, 4.69) is 5.32 Å². The SMILES string of the molecule is CC1(O)CN(C(=O)CC2CS(=O)(=O)CCN2)C1. The molecule has 0 aromatic heterocycles. The van der Waals surface area contributed by atoms with E-state index in [4.69, 9.17) is 0 Å². The van der Waals surface area contributed by atoms with E-state index in [1.54, 1.807) is 11.8 Å². The number of likely N-dealkylation sites (tertiary alicyclic amines) is 1. The van der Waals surface area contributed by atoms with Gasteiger partial charge in [-0.1, -0.05) is 0 Å². The molecular weight excluding hydrogens is 244 g/mol. The molecule has 0 saturated carbocycles. The molecule has 1 unspecified atom stereocenters. The van der Waals surface area contributed by atoms with Crippen LogP contribution in [0.25, 0.3) is 0 Å². The second-order valence-electron chi connectivity index (χ2n) is 5.22. The maximum absolute atomic E-state index is 11.8. The summed E-state index contributed by atoms with van der Waals surface area (Å²) < 4.78 is 22.8. The van der Waals surface area contributed by atoms with Crippen LogP contribution < -0.4 is 5.32 Å². The molecule has 6 nitrogen and oxygen atoms in total.